The molecule has 322 valence electrons. The van der Waals surface area contributed by atoms with Gasteiger partial charge in [-0.2, -0.15) is 0 Å². The molecule has 0 spiro atoms. The van der Waals surface area contributed by atoms with Gasteiger partial charge < -0.3 is 39.4 Å². The third-order valence-corrected chi connectivity index (χ3v) is 9.64. The molecule has 1 fully saturated rings. The number of hydrogen-bond acceptors (Lipinski definition) is 10. The number of hydrogen-bond donors (Lipinski definition) is 4. The zero-order valence-electron chi connectivity index (χ0n) is 34.9. The average molecular weight is 791 g/mol. The highest BCUT2D eigenvalue weighted by molar-refractivity contribution is 5.70. The van der Waals surface area contributed by atoms with Gasteiger partial charge in [-0.1, -0.05) is 132 Å². The molecule has 56 heavy (non-hydrogen) atoms. The lowest BCUT2D eigenvalue weighted by molar-refractivity contribution is -0.305. The Bertz CT molecular complexity index is 1100. The Kier molecular flexibility index (Phi) is 33.7. The van der Waals surface area contributed by atoms with E-state index < -0.39 is 55.4 Å². The van der Waals surface area contributed by atoms with Gasteiger partial charge in [-0.3, -0.25) is 9.59 Å². The van der Waals surface area contributed by atoms with E-state index in [2.05, 4.69) is 74.6 Å². The molecule has 10 heteroatoms. The molecular formula is C46H78O10. The van der Waals surface area contributed by atoms with Crippen molar-refractivity contribution in [1.82, 2.24) is 0 Å². The smallest absolute Gasteiger partial charge is 0.306 e. The van der Waals surface area contributed by atoms with E-state index in [9.17, 15) is 30.0 Å². The molecule has 10 nitrogen and oxygen atoms in total. The second-order valence-corrected chi connectivity index (χ2v) is 14.8. The Balaban J connectivity index is 2.37. The van der Waals surface area contributed by atoms with Crippen LogP contribution in [0.1, 0.15) is 162 Å². The van der Waals surface area contributed by atoms with Gasteiger partial charge in [-0.25, -0.2) is 0 Å². The zero-order chi connectivity index (χ0) is 40.9. The maximum absolute atomic E-state index is 12.8. The highest BCUT2D eigenvalue weighted by atomic mass is 16.7. The lowest BCUT2D eigenvalue weighted by Gasteiger charge is -2.39. The van der Waals surface area contributed by atoms with Crippen LogP contribution in [0.2, 0.25) is 0 Å². The van der Waals surface area contributed by atoms with Crippen LogP contribution in [0.4, 0.5) is 0 Å². The Labute approximate surface area is 339 Å². The van der Waals surface area contributed by atoms with E-state index in [4.69, 9.17) is 18.9 Å². The average Bonchev–Trinajstić information content (AvgIpc) is 3.19. The summed E-state index contributed by atoms with van der Waals surface area (Å²) in [5, 5.41) is 40.0. The van der Waals surface area contributed by atoms with Gasteiger partial charge >= 0.3 is 11.9 Å². The first kappa shape index (κ1) is 51.4. The highest BCUT2D eigenvalue weighted by Crippen LogP contribution is 2.22. The second-order valence-electron chi connectivity index (χ2n) is 14.8. The number of esters is 2. The first-order valence-electron chi connectivity index (χ1n) is 21.9. The van der Waals surface area contributed by atoms with Crippen molar-refractivity contribution in [3.63, 3.8) is 0 Å². The van der Waals surface area contributed by atoms with Crippen LogP contribution in [0.5, 0.6) is 0 Å². The number of carbonyl (C=O) groups is 2. The molecule has 6 unspecified atom stereocenters. The maximum atomic E-state index is 12.8. The molecule has 6 atom stereocenters. The van der Waals surface area contributed by atoms with Crippen LogP contribution in [-0.4, -0.2) is 89.0 Å². The lowest BCUT2D eigenvalue weighted by Crippen LogP contribution is -2.59. The summed E-state index contributed by atoms with van der Waals surface area (Å²) in [4.78, 5) is 25.3. The van der Waals surface area contributed by atoms with Gasteiger partial charge in [0.25, 0.3) is 0 Å². The van der Waals surface area contributed by atoms with E-state index in [0.29, 0.717) is 12.8 Å². The van der Waals surface area contributed by atoms with Gasteiger partial charge in [0.05, 0.1) is 13.2 Å². The number of unbranched alkanes of at least 4 members (excludes halogenated alkanes) is 14. The second kappa shape index (κ2) is 36.7. The van der Waals surface area contributed by atoms with Crippen molar-refractivity contribution in [2.45, 2.75) is 198 Å². The molecule has 1 rings (SSSR count). The normalized spacial score (nSPS) is 21.0. The van der Waals surface area contributed by atoms with Crippen molar-refractivity contribution >= 4 is 11.9 Å². The third kappa shape index (κ3) is 27.9. The summed E-state index contributed by atoms with van der Waals surface area (Å²) in [6.45, 7) is 3.24. The standard InChI is InChI=1S/C46H78O10/c1-3-5-7-9-11-13-15-17-19-21-23-25-27-29-31-33-35-42(49)55-39(38-54-46-45(52)44(51)43(50)40(36-47)56-46)37-53-41(48)34-32-30-28-26-24-22-20-18-16-14-12-10-8-6-4-2/h6,8,11-14,17-20,39-40,43-47,50-52H,3-5,7,9-10,15-16,21-38H2,1-2H3. The fourth-order valence-electron chi connectivity index (χ4n) is 6.17. The van der Waals surface area contributed by atoms with Crippen molar-refractivity contribution < 1.29 is 49.0 Å². The largest absolute Gasteiger partial charge is 0.462 e. The van der Waals surface area contributed by atoms with Crippen LogP contribution in [0.25, 0.3) is 0 Å². The van der Waals surface area contributed by atoms with Gasteiger partial charge in [0.1, 0.15) is 31.0 Å². The lowest BCUT2D eigenvalue weighted by atomic mass is 9.99. The van der Waals surface area contributed by atoms with Gasteiger partial charge in [0.15, 0.2) is 12.4 Å². The first-order chi connectivity index (χ1) is 27.3. The van der Waals surface area contributed by atoms with Gasteiger partial charge in [-0.05, 0) is 77.0 Å². The molecule has 1 heterocycles. The summed E-state index contributed by atoms with van der Waals surface area (Å²) in [5.41, 5.74) is 0. The van der Waals surface area contributed by atoms with Gasteiger partial charge in [0.2, 0.25) is 0 Å². The predicted octanol–water partition coefficient (Wildman–Crippen LogP) is 9.05. The number of aliphatic hydroxyl groups excluding tert-OH is 4. The topological polar surface area (TPSA) is 152 Å². The van der Waals surface area contributed by atoms with E-state index >= 15 is 0 Å². The molecular weight excluding hydrogens is 712 g/mol. The minimum absolute atomic E-state index is 0.211. The Hall–Kier alpha value is -2.60. The summed E-state index contributed by atoms with van der Waals surface area (Å²) in [6, 6.07) is 0. The summed E-state index contributed by atoms with van der Waals surface area (Å²) in [7, 11) is 0. The molecule has 1 saturated heterocycles. The predicted molar refractivity (Wildman–Crippen MR) is 224 cm³/mol. The van der Waals surface area contributed by atoms with Crippen LogP contribution in [-0.2, 0) is 28.5 Å². The van der Waals surface area contributed by atoms with E-state index in [1.165, 1.54) is 25.7 Å². The summed E-state index contributed by atoms with van der Waals surface area (Å²) >= 11 is 0. The Morgan fingerprint density at radius 3 is 1.59 bits per heavy atom. The van der Waals surface area contributed by atoms with Crippen LogP contribution in [0.15, 0.2) is 60.8 Å². The van der Waals surface area contributed by atoms with E-state index in [0.717, 1.165) is 96.3 Å². The van der Waals surface area contributed by atoms with E-state index in [1.807, 2.05) is 0 Å². The Morgan fingerprint density at radius 1 is 0.571 bits per heavy atom. The molecule has 0 bridgehead atoms. The number of carbonyl (C=O) groups excluding carboxylic acids is 2. The van der Waals surface area contributed by atoms with E-state index in [-0.39, 0.29) is 26.1 Å². The van der Waals surface area contributed by atoms with Gasteiger partial charge in [0, 0.05) is 12.8 Å². The van der Waals surface area contributed by atoms with Crippen molar-refractivity contribution in [2.75, 3.05) is 19.8 Å². The molecule has 0 aromatic rings. The van der Waals surface area contributed by atoms with Crippen molar-refractivity contribution in [3.05, 3.63) is 60.8 Å². The van der Waals surface area contributed by atoms with Crippen molar-refractivity contribution in [3.8, 4) is 0 Å². The number of allylic oxidation sites excluding steroid dienone is 10. The molecule has 0 amide bonds. The third-order valence-electron chi connectivity index (χ3n) is 9.64. The molecule has 1 aliphatic rings. The van der Waals surface area contributed by atoms with Crippen LogP contribution >= 0.6 is 0 Å². The summed E-state index contributed by atoms with van der Waals surface area (Å²) in [5.74, 6) is -0.843. The molecule has 0 aromatic carbocycles. The maximum Gasteiger partial charge on any atom is 0.306 e. The SMILES string of the molecule is CCC=CCC=CCC=CCCCCCCCC(=O)OCC(COC1OC(CO)C(O)C(O)C1O)OC(=O)CCCCCCCCC=CCC=CCCCCC. The molecule has 0 aromatic heterocycles. The quantitative estimate of drug-likeness (QED) is 0.0278. The van der Waals surface area contributed by atoms with Crippen molar-refractivity contribution in [2.24, 2.45) is 0 Å². The van der Waals surface area contributed by atoms with E-state index in [1.54, 1.807) is 0 Å². The van der Waals surface area contributed by atoms with Crippen molar-refractivity contribution in [1.29, 1.82) is 0 Å². The summed E-state index contributed by atoms with van der Waals surface area (Å²) in [6.07, 6.45) is 36.5. The molecule has 0 aliphatic carbocycles. The van der Waals surface area contributed by atoms with Crippen LogP contribution < -0.4 is 0 Å². The monoisotopic (exact) mass is 791 g/mol. The minimum Gasteiger partial charge on any atom is -0.462 e. The van der Waals surface area contributed by atoms with Crippen LogP contribution in [0, 0.1) is 0 Å². The Morgan fingerprint density at radius 2 is 1.05 bits per heavy atom. The highest BCUT2D eigenvalue weighted by Gasteiger charge is 2.44. The number of ether oxygens (including phenoxy) is 4. The molecule has 0 saturated carbocycles. The molecule has 1 aliphatic heterocycles. The fourth-order valence-corrected chi connectivity index (χ4v) is 6.17. The zero-order valence-corrected chi connectivity index (χ0v) is 34.9. The van der Waals surface area contributed by atoms with Gasteiger partial charge in [-0.15, -0.1) is 0 Å². The minimum atomic E-state index is -1.60. The molecule has 4 N–H and O–H groups in total. The fraction of sp³-hybridized carbons (Fsp3) is 0.739. The van der Waals surface area contributed by atoms with Crippen LogP contribution in [0.3, 0.4) is 0 Å². The number of aliphatic hydroxyl groups is 4. The molecule has 0 radical (unpaired) electrons. The summed E-state index contributed by atoms with van der Waals surface area (Å²) < 4.78 is 22.1. The first-order valence-corrected chi connectivity index (χ1v) is 21.9. The number of rotatable bonds is 35.